The van der Waals surface area contributed by atoms with Gasteiger partial charge in [-0.2, -0.15) is 0 Å². The molecule has 110 valence electrons. The Bertz CT molecular complexity index is 584. The van der Waals surface area contributed by atoms with Gasteiger partial charge in [0.15, 0.2) is 0 Å². The second kappa shape index (κ2) is 7.74. The van der Waals surface area contributed by atoms with E-state index in [2.05, 4.69) is 5.32 Å². The van der Waals surface area contributed by atoms with Crippen molar-refractivity contribution in [2.45, 2.75) is 24.8 Å². The molecule has 3 nitrogen and oxygen atoms in total. The van der Waals surface area contributed by atoms with E-state index in [1.54, 1.807) is 0 Å². The molecular formula is C17H19NO2S. The van der Waals surface area contributed by atoms with Crippen LogP contribution in [0.5, 0.6) is 5.75 Å². The normalized spacial score (nSPS) is 10.4. The fraction of sp³-hybridized carbons (Fsp3) is 0.235. The van der Waals surface area contributed by atoms with Gasteiger partial charge in [-0.05, 0) is 38.1 Å². The summed E-state index contributed by atoms with van der Waals surface area (Å²) in [7, 11) is 0. The number of anilines is 1. The molecule has 0 atom stereocenters. The molecule has 0 aliphatic carbocycles. The van der Waals surface area contributed by atoms with E-state index in [0.717, 1.165) is 4.90 Å². The molecule has 2 aromatic carbocycles. The van der Waals surface area contributed by atoms with Crippen LogP contribution in [0.3, 0.4) is 0 Å². The Balaban J connectivity index is 1.93. The standard InChI is InChI=1S/C17H19NO2S/c1-13(2)20-16-11-7-6-10-15(16)18-17(19)12-21-14-8-4-3-5-9-14/h3-11,13H,12H2,1-2H3,(H,18,19). The molecule has 1 N–H and O–H groups in total. The number of hydrogen-bond donors (Lipinski definition) is 1. The summed E-state index contributed by atoms with van der Waals surface area (Å²) in [6.07, 6.45) is 0.0711. The zero-order valence-corrected chi connectivity index (χ0v) is 13.0. The van der Waals surface area contributed by atoms with Crippen LogP contribution in [0.25, 0.3) is 0 Å². The SMILES string of the molecule is CC(C)Oc1ccccc1NC(=O)CSc1ccccc1. The van der Waals surface area contributed by atoms with Gasteiger partial charge in [-0.1, -0.05) is 30.3 Å². The zero-order chi connectivity index (χ0) is 15.1. The van der Waals surface area contributed by atoms with Gasteiger partial charge < -0.3 is 10.1 Å². The zero-order valence-electron chi connectivity index (χ0n) is 12.2. The number of amides is 1. The van der Waals surface area contributed by atoms with E-state index in [4.69, 9.17) is 4.74 Å². The topological polar surface area (TPSA) is 38.3 Å². The highest BCUT2D eigenvalue weighted by atomic mass is 32.2. The quantitative estimate of drug-likeness (QED) is 0.812. The maximum absolute atomic E-state index is 12.0. The van der Waals surface area contributed by atoms with Crippen molar-refractivity contribution >= 4 is 23.4 Å². The molecule has 0 unspecified atom stereocenters. The molecule has 21 heavy (non-hydrogen) atoms. The summed E-state index contributed by atoms with van der Waals surface area (Å²) in [5, 5.41) is 2.90. The van der Waals surface area contributed by atoms with Crippen LogP contribution in [0.1, 0.15) is 13.8 Å². The third-order valence-corrected chi connectivity index (χ3v) is 3.65. The van der Waals surface area contributed by atoms with Crippen molar-refractivity contribution in [3.05, 3.63) is 54.6 Å². The first kappa shape index (κ1) is 15.4. The Kier molecular flexibility index (Phi) is 5.69. The van der Waals surface area contributed by atoms with E-state index in [-0.39, 0.29) is 12.0 Å². The fourth-order valence-electron chi connectivity index (χ4n) is 1.78. The first-order chi connectivity index (χ1) is 10.1. The van der Waals surface area contributed by atoms with E-state index < -0.39 is 0 Å². The lowest BCUT2D eigenvalue weighted by molar-refractivity contribution is -0.113. The average molecular weight is 301 g/mol. The molecule has 2 aromatic rings. The fourth-order valence-corrected chi connectivity index (χ4v) is 2.50. The summed E-state index contributed by atoms with van der Waals surface area (Å²) < 4.78 is 5.69. The van der Waals surface area contributed by atoms with Crippen LogP contribution in [-0.2, 0) is 4.79 Å². The van der Waals surface area contributed by atoms with Gasteiger partial charge in [0, 0.05) is 4.90 Å². The van der Waals surface area contributed by atoms with E-state index in [9.17, 15) is 4.79 Å². The Morgan fingerprint density at radius 1 is 1.10 bits per heavy atom. The number of carbonyl (C=O) groups excluding carboxylic acids is 1. The summed E-state index contributed by atoms with van der Waals surface area (Å²) in [6, 6.07) is 17.4. The highest BCUT2D eigenvalue weighted by Crippen LogP contribution is 2.25. The van der Waals surface area contributed by atoms with Crippen molar-refractivity contribution in [3.8, 4) is 5.75 Å². The minimum atomic E-state index is -0.0383. The van der Waals surface area contributed by atoms with Gasteiger partial charge in [-0.25, -0.2) is 0 Å². The monoisotopic (exact) mass is 301 g/mol. The Morgan fingerprint density at radius 3 is 2.48 bits per heavy atom. The molecule has 0 aromatic heterocycles. The molecule has 4 heteroatoms. The van der Waals surface area contributed by atoms with E-state index in [0.29, 0.717) is 17.2 Å². The molecule has 2 rings (SSSR count). The number of hydrogen-bond acceptors (Lipinski definition) is 3. The van der Waals surface area contributed by atoms with Crippen LogP contribution in [0.4, 0.5) is 5.69 Å². The predicted octanol–water partition coefficient (Wildman–Crippen LogP) is 4.20. The number of para-hydroxylation sites is 2. The van der Waals surface area contributed by atoms with Gasteiger partial charge in [-0.3, -0.25) is 4.79 Å². The lowest BCUT2D eigenvalue weighted by Gasteiger charge is -2.14. The molecule has 0 spiro atoms. The van der Waals surface area contributed by atoms with Crippen molar-refractivity contribution < 1.29 is 9.53 Å². The van der Waals surface area contributed by atoms with Crippen LogP contribution in [0.15, 0.2) is 59.5 Å². The third-order valence-electron chi connectivity index (χ3n) is 2.64. The van der Waals surface area contributed by atoms with Crippen LogP contribution in [-0.4, -0.2) is 17.8 Å². The number of carbonyl (C=O) groups is 1. The Hall–Kier alpha value is -1.94. The number of rotatable bonds is 6. The van der Waals surface area contributed by atoms with Crippen molar-refractivity contribution in [1.29, 1.82) is 0 Å². The smallest absolute Gasteiger partial charge is 0.234 e. The predicted molar refractivity (Wildman–Crippen MR) is 88.0 cm³/mol. The Labute approximate surface area is 129 Å². The molecule has 0 radical (unpaired) electrons. The highest BCUT2D eigenvalue weighted by Gasteiger charge is 2.09. The van der Waals surface area contributed by atoms with Crippen molar-refractivity contribution in [1.82, 2.24) is 0 Å². The van der Waals surface area contributed by atoms with Gasteiger partial charge >= 0.3 is 0 Å². The van der Waals surface area contributed by atoms with Crippen molar-refractivity contribution in [2.24, 2.45) is 0 Å². The summed E-state index contributed by atoms with van der Waals surface area (Å²) in [5.41, 5.74) is 0.713. The minimum absolute atomic E-state index is 0.0383. The van der Waals surface area contributed by atoms with Crippen LogP contribution >= 0.6 is 11.8 Å². The number of thioether (sulfide) groups is 1. The third kappa shape index (κ3) is 5.16. The van der Waals surface area contributed by atoms with E-state index >= 15 is 0 Å². The highest BCUT2D eigenvalue weighted by molar-refractivity contribution is 8.00. The van der Waals surface area contributed by atoms with Gasteiger partial charge in [0.1, 0.15) is 5.75 Å². The number of nitrogens with one attached hydrogen (secondary N) is 1. The van der Waals surface area contributed by atoms with Crippen molar-refractivity contribution in [2.75, 3.05) is 11.1 Å². The molecular weight excluding hydrogens is 282 g/mol. The molecule has 0 saturated heterocycles. The molecule has 0 aliphatic rings. The van der Waals surface area contributed by atoms with E-state index in [1.807, 2.05) is 68.4 Å². The van der Waals surface area contributed by atoms with Gasteiger partial charge in [-0.15, -0.1) is 11.8 Å². The molecule has 0 heterocycles. The van der Waals surface area contributed by atoms with Crippen LogP contribution in [0.2, 0.25) is 0 Å². The molecule has 0 aliphatic heterocycles. The second-order valence-corrected chi connectivity index (χ2v) is 5.86. The maximum atomic E-state index is 12.0. The van der Waals surface area contributed by atoms with E-state index in [1.165, 1.54) is 11.8 Å². The number of benzene rings is 2. The maximum Gasteiger partial charge on any atom is 0.234 e. The summed E-state index contributed by atoms with van der Waals surface area (Å²) in [6.45, 7) is 3.92. The first-order valence-electron chi connectivity index (χ1n) is 6.88. The molecule has 0 saturated carbocycles. The molecule has 0 bridgehead atoms. The second-order valence-electron chi connectivity index (χ2n) is 4.81. The first-order valence-corrected chi connectivity index (χ1v) is 7.87. The number of ether oxygens (including phenoxy) is 1. The van der Waals surface area contributed by atoms with Crippen LogP contribution < -0.4 is 10.1 Å². The largest absolute Gasteiger partial charge is 0.489 e. The lowest BCUT2D eigenvalue weighted by Crippen LogP contribution is -2.16. The minimum Gasteiger partial charge on any atom is -0.489 e. The van der Waals surface area contributed by atoms with Crippen LogP contribution in [0, 0.1) is 0 Å². The summed E-state index contributed by atoms with van der Waals surface area (Å²) >= 11 is 1.51. The van der Waals surface area contributed by atoms with Gasteiger partial charge in [0.05, 0.1) is 17.5 Å². The van der Waals surface area contributed by atoms with Gasteiger partial charge in [0.2, 0.25) is 5.91 Å². The van der Waals surface area contributed by atoms with Crippen molar-refractivity contribution in [3.63, 3.8) is 0 Å². The Morgan fingerprint density at radius 2 is 1.76 bits per heavy atom. The van der Waals surface area contributed by atoms with Gasteiger partial charge in [0.25, 0.3) is 0 Å². The average Bonchev–Trinajstić information content (AvgIpc) is 2.48. The summed E-state index contributed by atoms with van der Waals surface area (Å²) in [5.74, 6) is 1.04. The lowest BCUT2D eigenvalue weighted by atomic mass is 10.3. The summed E-state index contributed by atoms with van der Waals surface area (Å²) in [4.78, 5) is 13.1. The molecule has 1 amide bonds. The molecule has 0 fully saturated rings.